The van der Waals surface area contributed by atoms with Crippen LogP contribution in [0.4, 0.5) is 11.4 Å². The smallest absolute Gasteiger partial charge is 0.316 e. The molecule has 0 spiro atoms. The van der Waals surface area contributed by atoms with Crippen molar-refractivity contribution in [2.45, 2.75) is 39.5 Å². The molecule has 0 bridgehead atoms. The van der Waals surface area contributed by atoms with Crippen molar-refractivity contribution in [3.63, 3.8) is 0 Å². The molecule has 4 atom stereocenters. The standard InChI is InChI=1S/C27H27ClN2O5/c1-15-6-9-21-22(10-15)26(33)30(25(21)32)19-4-3-5-20(12-19)35-27(34)17-11-24(31)29(14-17)18-8-7-16(2)23(28)13-18/h3-5,7-8,12-13,15,17,21-22H,6,9-11,14H2,1-2H3/t15-,17-,21-,22-/m1/s1. The van der Waals surface area contributed by atoms with Crippen LogP contribution in [0, 0.1) is 30.6 Å². The topological polar surface area (TPSA) is 84.0 Å². The molecule has 7 nitrogen and oxygen atoms in total. The molecule has 182 valence electrons. The number of esters is 1. The number of aryl methyl sites for hydroxylation is 1. The normalized spacial score (nSPS) is 26.3. The summed E-state index contributed by atoms with van der Waals surface area (Å²) >= 11 is 6.20. The Labute approximate surface area is 209 Å². The van der Waals surface area contributed by atoms with Gasteiger partial charge in [-0.2, -0.15) is 0 Å². The first-order valence-corrected chi connectivity index (χ1v) is 12.4. The van der Waals surface area contributed by atoms with Gasteiger partial charge in [0, 0.05) is 29.7 Å². The second-order valence-corrected chi connectivity index (χ2v) is 10.3. The average Bonchev–Trinajstić information content (AvgIpc) is 3.33. The molecule has 8 heteroatoms. The highest BCUT2D eigenvalue weighted by molar-refractivity contribution is 6.31. The number of imide groups is 1. The molecule has 0 radical (unpaired) electrons. The Hall–Kier alpha value is -3.19. The number of fused-ring (bicyclic) bond motifs is 1. The van der Waals surface area contributed by atoms with Gasteiger partial charge >= 0.3 is 5.97 Å². The average molecular weight is 495 g/mol. The summed E-state index contributed by atoms with van der Waals surface area (Å²) in [4.78, 5) is 54.3. The summed E-state index contributed by atoms with van der Waals surface area (Å²) in [6.07, 6.45) is 2.42. The van der Waals surface area contributed by atoms with Gasteiger partial charge in [-0.25, -0.2) is 4.90 Å². The van der Waals surface area contributed by atoms with Gasteiger partial charge in [0.2, 0.25) is 17.7 Å². The largest absolute Gasteiger partial charge is 0.426 e. The molecule has 0 aromatic heterocycles. The Morgan fingerprint density at radius 3 is 2.54 bits per heavy atom. The lowest BCUT2D eigenvalue weighted by Crippen LogP contribution is -2.31. The van der Waals surface area contributed by atoms with Crippen molar-refractivity contribution in [2.75, 3.05) is 16.3 Å². The van der Waals surface area contributed by atoms with E-state index in [9.17, 15) is 19.2 Å². The van der Waals surface area contributed by atoms with Crippen LogP contribution in [-0.2, 0) is 19.2 Å². The lowest BCUT2D eigenvalue weighted by molar-refractivity contribution is -0.139. The van der Waals surface area contributed by atoms with Crippen LogP contribution in [0.5, 0.6) is 5.75 Å². The number of halogens is 1. The molecular weight excluding hydrogens is 468 g/mol. The Bertz CT molecular complexity index is 1230. The number of anilines is 2. The van der Waals surface area contributed by atoms with Gasteiger partial charge in [0.15, 0.2) is 0 Å². The van der Waals surface area contributed by atoms with Crippen LogP contribution < -0.4 is 14.5 Å². The van der Waals surface area contributed by atoms with Gasteiger partial charge in [0.1, 0.15) is 5.75 Å². The van der Waals surface area contributed by atoms with Gasteiger partial charge in [-0.3, -0.25) is 19.2 Å². The van der Waals surface area contributed by atoms with Crippen LogP contribution in [0.3, 0.4) is 0 Å². The maximum Gasteiger partial charge on any atom is 0.316 e. The van der Waals surface area contributed by atoms with E-state index in [-0.39, 0.29) is 48.3 Å². The highest BCUT2D eigenvalue weighted by atomic mass is 35.5. The van der Waals surface area contributed by atoms with Crippen molar-refractivity contribution in [3.05, 3.63) is 53.1 Å². The highest BCUT2D eigenvalue weighted by Crippen LogP contribution is 2.42. The van der Waals surface area contributed by atoms with Gasteiger partial charge in [0.25, 0.3) is 0 Å². The summed E-state index contributed by atoms with van der Waals surface area (Å²) in [5.41, 5.74) is 1.96. The second-order valence-electron chi connectivity index (χ2n) is 9.90. The van der Waals surface area contributed by atoms with Crippen molar-refractivity contribution in [1.29, 1.82) is 0 Å². The molecule has 2 saturated heterocycles. The van der Waals surface area contributed by atoms with Crippen LogP contribution in [0.1, 0.15) is 38.2 Å². The third-order valence-corrected chi connectivity index (χ3v) is 7.81. The Morgan fingerprint density at radius 1 is 1.00 bits per heavy atom. The Balaban J connectivity index is 1.29. The number of rotatable bonds is 4. The quantitative estimate of drug-likeness (QED) is 0.354. The monoisotopic (exact) mass is 494 g/mol. The zero-order valence-electron chi connectivity index (χ0n) is 19.7. The molecule has 0 unspecified atom stereocenters. The fraction of sp³-hybridized carbons (Fsp3) is 0.407. The molecule has 2 heterocycles. The molecule has 2 aromatic rings. The Morgan fingerprint density at radius 2 is 1.77 bits per heavy atom. The van der Waals surface area contributed by atoms with Crippen molar-refractivity contribution < 1.29 is 23.9 Å². The second kappa shape index (κ2) is 9.11. The van der Waals surface area contributed by atoms with E-state index in [1.54, 1.807) is 36.4 Å². The SMILES string of the molecule is Cc1ccc(N2C[C@H](C(=O)Oc3cccc(N4C(=O)[C@@H]5CC[C@@H](C)C[C@H]5C4=O)c3)CC2=O)cc1Cl. The van der Waals surface area contributed by atoms with Crippen LogP contribution in [-0.4, -0.2) is 30.2 Å². The van der Waals surface area contributed by atoms with Crippen LogP contribution in [0.2, 0.25) is 5.02 Å². The predicted molar refractivity (Wildman–Crippen MR) is 131 cm³/mol. The summed E-state index contributed by atoms with van der Waals surface area (Å²) in [5, 5.41) is 0.554. The number of hydrogen-bond acceptors (Lipinski definition) is 5. The summed E-state index contributed by atoms with van der Waals surface area (Å²) in [6.45, 7) is 4.18. The molecule has 1 aliphatic carbocycles. The van der Waals surface area contributed by atoms with Crippen molar-refractivity contribution >= 4 is 46.7 Å². The highest BCUT2D eigenvalue weighted by Gasteiger charge is 2.50. The van der Waals surface area contributed by atoms with E-state index in [4.69, 9.17) is 16.3 Å². The van der Waals surface area contributed by atoms with Gasteiger partial charge < -0.3 is 9.64 Å². The first-order chi connectivity index (χ1) is 16.7. The number of hydrogen-bond donors (Lipinski definition) is 0. The van der Waals surface area contributed by atoms with Crippen molar-refractivity contribution in [1.82, 2.24) is 0 Å². The zero-order chi connectivity index (χ0) is 24.9. The maximum absolute atomic E-state index is 13.0. The third-order valence-electron chi connectivity index (χ3n) is 7.41. The van der Waals surface area contributed by atoms with E-state index < -0.39 is 11.9 Å². The summed E-state index contributed by atoms with van der Waals surface area (Å²) in [6, 6.07) is 11.8. The minimum atomic E-state index is -0.634. The number of carbonyl (C=O) groups is 4. The molecule has 3 amide bonds. The molecule has 0 N–H and O–H groups in total. The number of nitrogens with zero attached hydrogens (tertiary/aromatic N) is 2. The summed E-state index contributed by atoms with van der Waals surface area (Å²) in [7, 11) is 0. The summed E-state index contributed by atoms with van der Waals surface area (Å²) in [5.74, 6) is -1.58. The van der Waals surface area contributed by atoms with E-state index >= 15 is 0 Å². The number of carbonyl (C=O) groups excluding carboxylic acids is 4. The molecular formula is C27H27ClN2O5. The van der Waals surface area contributed by atoms with Gasteiger partial charge in [-0.15, -0.1) is 0 Å². The zero-order valence-corrected chi connectivity index (χ0v) is 20.5. The minimum Gasteiger partial charge on any atom is -0.426 e. The number of amides is 3. The lowest BCUT2D eigenvalue weighted by atomic mass is 9.76. The lowest BCUT2D eigenvalue weighted by Gasteiger charge is -2.25. The molecule has 1 saturated carbocycles. The van der Waals surface area contributed by atoms with Gasteiger partial charge in [0.05, 0.1) is 23.4 Å². The van der Waals surface area contributed by atoms with Crippen LogP contribution in [0.15, 0.2) is 42.5 Å². The van der Waals surface area contributed by atoms with Crippen LogP contribution >= 0.6 is 11.6 Å². The molecule has 35 heavy (non-hydrogen) atoms. The summed E-state index contributed by atoms with van der Waals surface area (Å²) < 4.78 is 5.59. The maximum atomic E-state index is 13.0. The molecule has 5 rings (SSSR count). The number of benzene rings is 2. The van der Waals surface area contributed by atoms with Crippen LogP contribution in [0.25, 0.3) is 0 Å². The molecule has 2 aromatic carbocycles. The van der Waals surface area contributed by atoms with E-state index in [0.29, 0.717) is 22.3 Å². The van der Waals surface area contributed by atoms with Crippen molar-refractivity contribution in [2.24, 2.45) is 23.7 Å². The Kier molecular flexibility index (Phi) is 6.13. The predicted octanol–water partition coefficient (Wildman–Crippen LogP) is 4.53. The molecule has 3 fully saturated rings. The molecule has 2 aliphatic heterocycles. The molecule has 3 aliphatic rings. The van der Waals surface area contributed by atoms with Gasteiger partial charge in [-0.05, 0) is 61.9 Å². The van der Waals surface area contributed by atoms with E-state index in [2.05, 4.69) is 6.92 Å². The third kappa shape index (κ3) is 4.33. The fourth-order valence-corrected chi connectivity index (χ4v) is 5.57. The first kappa shape index (κ1) is 23.5. The minimum absolute atomic E-state index is 0.0364. The first-order valence-electron chi connectivity index (χ1n) is 12.0. The van der Waals surface area contributed by atoms with E-state index in [1.807, 2.05) is 13.0 Å². The van der Waals surface area contributed by atoms with Crippen molar-refractivity contribution in [3.8, 4) is 5.75 Å². The fourth-order valence-electron chi connectivity index (χ4n) is 5.39. The number of ether oxygens (including phenoxy) is 1. The van der Waals surface area contributed by atoms with E-state index in [0.717, 1.165) is 24.8 Å². The van der Waals surface area contributed by atoms with Gasteiger partial charge in [-0.1, -0.05) is 30.7 Å². The van der Waals surface area contributed by atoms with E-state index in [1.165, 1.54) is 9.80 Å².